The molecule has 0 spiro atoms. The SMILES string of the molecule is Cc1cccc(C)c1-c1cccc2c1OC[C@H]2Oc1ccc(C2CC(=O)NS(=O)(=O)C2)cc1. The van der Waals surface area contributed by atoms with Gasteiger partial charge in [0.25, 0.3) is 0 Å². The first kappa shape index (κ1) is 21.5. The Morgan fingerprint density at radius 1 is 0.970 bits per heavy atom. The summed E-state index contributed by atoms with van der Waals surface area (Å²) >= 11 is 0. The van der Waals surface area contributed by atoms with Crippen molar-refractivity contribution in [2.24, 2.45) is 0 Å². The quantitative estimate of drug-likeness (QED) is 0.620. The number of benzene rings is 3. The summed E-state index contributed by atoms with van der Waals surface area (Å²) in [5, 5.41) is 0. The maximum Gasteiger partial charge on any atom is 0.235 e. The van der Waals surface area contributed by atoms with Crippen LogP contribution in [0.1, 0.15) is 40.7 Å². The van der Waals surface area contributed by atoms with E-state index >= 15 is 0 Å². The molecule has 2 aliphatic rings. The lowest BCUT2D eigenvalue weighted by molar-refractivity contribution is -0.119. The zero-order valence-electron chi connectivity index (χ0n) is 18.5. The summed E-state index contributed by atoms with van der Waals surface area (Å²) in [6.45, 7) is 4.63. The Hall–Kier alpha value is -3.32. The smallest absolute Gasteiger partial charge is 0.235 e. The number of aryl methyl sites for hydroxylation is 2. The van der Waals surface area contributed by atoms with E-state index in [0.717, 1.165) is 22.4 Å². The summed E-state index contributed by atoms with van der Waals surface area (Å²) in [7, 11) is -3.57. The molecule has 1 N–H and O–H groups in total. The molecule has 1 fully saturated rings. The molecule has 6 nitrogen and oxygen atoms in total. The Balaban J connectivity index is 1.37. The summed E-state index contributed by atoms with van der Waals surface area (Å²) in [5.41, 5.74) is 6.47. The highest BCUT2D eigenvalue weighted by Gasteiger charge is 2.31. The van der Waals surface area contributed by atoms with Gasteiger partial charge in [0.1, 0.15) is 18.1 Å². The number of amides is 1. The molecule has 2 heterocycles. The summed E-state index contributed by atoms with van der Waals surface area (Å²) in [6, 6.07) is 19.7. The van der Waals surface area contributed by atoms with Crippen LogP contribution in [0.4, 0.5) is 0 Å². The molecule has 0 bridgehead atoms. The van der Waals surface area contributed by atoms with Gasteiger partial charge in [0.15, 0.2) is 6.10 Å². The van der Waals surface area contributed by atoms with Gasteiger partial charge in [0.05, 0.1) is 5.75 Å². The van der Waals surface area contributed by atoms with E-state index in [2.05, 4.69) is 38.1 Å². The minimum Gasteiger partial charge on any atom is -0.488 e. The number of ether oxygens (including phenoxy) is 2. The van der Waals surface area contributed by atoms with Gasteiger partial charge in [0, 0.05) is 23.5 Å². The Morgan fingerprint density at radius 3 is 2.36 bits per heavy atom. The topological polar surface area (TPSA) is 81.7 Å². The average Bonchev–Trinajstić information content (AvgIpc) is 3.16. The van der Waals surface area contributed by atoms with Crippen LogP contribution < -0.4 is 14.2 Å². The number of rotatable bonds is 4. The van der Waals surface area contributed by atoms with Gasteiger partial charge in [0.2, 0.25) is 15.9 Å². The molecular formula is C26H25NO5S. The van der Waals surface area contributed by atoms with E-state index in [1.54, 1.807) is 0 Å². The van der Waals surface area contributed by atoms with Crippen molar-refractivity contribution in [1.29, 1.82) is 0 Å². The second-order valence-electron chi connectivity index (χ2n) is 8.68. The lowest BCUT2D eigenvalue weighted by atomic mass is 9.93. The first-order chi connectivity index (χ1) is 15.8. The van der Waals surface area contributed by atoms with Crippen LogP contribution in [0.2, 0.25) is 0 Å². The normalized spacial score (nSPS) is 21.1. The number of para-hydroxylation sites is 1. The van der Waals surface area contributed by atoms with Crippen molar-refractivity contribution < 1.29 is 22.7 Å². The van der Waals surface area contributed by atoms with Gasteiger partial charge in [-0.25, -0.2) is 8.42 Å². The van der Waals surface area contributed by atoms with Crippen LogP contribution in [0.5, 0.6) is 11.5 Å². The van der Waals surface area contributed by atoms with Crippen molar-refractivity contribution in [3.05, 3.63) is 82.9 Å². The maximum absolute atomic E-state index is 11.9. The number of carbonyl (C=O) groups is 1. The standard InChI is InChI=1S/C26H25NO5S/c1-16-5-3-6-17(2)25(16)22-8-4-7-21-23(14-31-26(21)22)32-20-11-9-18(10-12-20)19-13-24(28)27-33(29,30)15-19/h3-12,19,23H,13-15H2,1-2H3,(H,27,28)/t19?,23-/m1/s1. The van der Waals surface area contributed by atoms with Gasteiger partial charge in [-0.3, -0.25) is 9.52 Å². The van der Waals surface area contributed by atoms with E-state index in [1.807, 2.05) is 41.1 Å². The number of carbonyl (C=O) groups excluding carboxylic acids is 1. The monoisotopic (exact) mass is 463 g/mol. The third-order valence-corrected chi connectivity index (χ3v) is 7.65. The lowest BCUT2D eigenvalue weighted by Crippen LogP contribution is -2.40. The first-order valence-corrected chi connectivity index (χ1v) is 12.6. The molecule has 0 radical (unpaired) electrons. The van der Waals surface area contributed by atoms with Crippen molar-refractivity contribution >= 4 is 15.9 Å². The van der Waals surface area contributed by atoms with E-state index in [9.17, 15) is 13.2 Å². The highest BCUT2D eigenvalue weighted by atomic mass is 32.2. The summed E-state index contributed by atoms with van der Waals surface area (Å²) in [5.74, 6) is 0.610. The van der Waals surface area contributed by atoms with Crippen LogP contribution in [0.25, 0.3) is 11.1 Å². The number of fused-ring (bicyclic) bond motifs is 1. The van der Waals surface area contributed by atoms with Crippen LogP contribution in [0, 0.1) is 13.8 Å². The molecule has 1 saturated heterocycles. The molecule has 33 heavy (non-hydrogen) atoms. The fourth-order valence-corrected chi connectivity index (χ4v) is 6.11. The minimum absolute atomic E-state index is 0.0934. The summed E-state index contributed by atoms with van der Waals surface area (Å²) < 4.78 is 38.1. The Labute approximate surface area is 193 Å². The van der Waals surface area contributed by atoms with Crippen molar-refractivity contribution in [3.8, 4) is 22.6 Å². The van der Waals surface area contributed by atoms with Gasteiger partial charge in [-0.15, -0.1) is 0 Å². The molecule has 2 aliphatic heterocycles. The molecule has 0 aromatic heterocycles. The molecule has 2 atom stereocenters. The van der Waals surface area contributed by atoms with Crippen molar-refractivity contribution in [2.75, 3.05) is 12.4 Å². The lowest BCUT2D eigenvalue weighted by Gasteiger charge is -2.22. The van der Waals surface area contributed by atoms with Crippen molar-refractivity contribution in [2.45, 2.75) is 32.3 Å². The van der Waals surface area contributed by atoms with Gasteiger partial charge in [-0.05, 0) is 48.2 Å². The zero-order chi connectivity index (χ0) is 23.2. The predicted molar refractivity (Wildman–Crippen MR) is 126 cm³/mol. The Kier molecular flexibility index (Phi) is 5.37. The van der Waals surface area contributed by atoms with Gasteiger partial charge < -0.3 is 9.47 Å². The van der Waals surface area contributed by atoms with E-state index in [1.165, 1.54) is 16.7 Å². The molecule has 3 aromatic rings. The van der Waals surface area contributed by atoms with Crippen LogP contribution >= 0.6 is 0 Å². The van der Waals surface area contributed by atoms with Crippen LogP contribution in [0.3, 0.4) is 0 Å². The number of hydrogen-bond donors (Lipinski definition) is 1. The van der Waals surface area contributed by atoms with E-state index in [4.69, 9.17) is 9.47 Å². The fraction of sp³-hybridized carbons (Fsp3) is 0.269. The predicted octanol–water partition coefficient (Wildman–Crippen LogP) is 4.42. The molecule has 170 valence electrons. The fourth-order valence-electron chi connectivity index (χ4n) is 4.75. The minimum atomic E-state index is -3.57. The van der Waals surface area contributed by atoms with Gasteiger partial charge >= 0.3 is 0 Å². The number of sulfonamides is 1. The van der Waals surface area contributed by atoms with E-state index in [0.29, 0.717) is 12.4 Å². The van der Waals surface area contributed by atoms with Crippen molar-refractivity contribution in [3.63, 3.8) is 0 Å². The first-order valence-electron chi connectivity index (χ1n) is 10.9. The number of hydrogen-bond acceptors (Lipinski definition) is 5. The molecule has 0 aliphatic carbocycles. The zero-order valence-corrected chi connectivity index (χ0v) is 19.3. The Bertz CT molecular complexity index is 1310. The maximum atomic E-state index is 11.9. The average molecular weight is 464 g/mol. The van der Waals surface area contributed by atoms with Crippen LogP contribution in [0.15, 0.2) is 60.7 Å². The third kappa shape index (κ3) is 4.20. The molecule has 1 unspecified atom stereocenters. The largest absolute Gasteiger partial charge is 0.488 e. The highest BCUT2D eigenvalue weighted by molar-refractivity contribution is 7.90. The molecule has 5 rings (SSSR count). The number of nitrogens with one attached hydrogen (secondary N) is 1. The van der Waals surface area contributed by atoms with Crippen LogP contribution in [-0.4, -0.2) is 26.7 Å². The van der Waals surface area contributed by atoms with E-state index in [-0.39, 0.29) is 24.2 Å². The molecule has 1 amide bonds. The Morgan fingerprint density at radius 2 is 1.67 bits per heavy atom. The molecular weight excluding hydrogens is 438 g/mol. The van der Waals surface area contributed by atoms with E-state index < -0.39 is 15.9 Å². The summed E-state index contributed by atoms with van der Waals surface area (Å²) in [4.78, 5) is 11.7. The highest BCUT2D eigenvalue weighted by Crippen LogP contribution is 2.44. The summed E-state index contributed by atoms with van der Waals surface area (Å²) in [6.07, 6.45) is -0.0827. The van der Waals surface area contributed by atoms with Gasteiger partial charge in [-0.1, -0.05) is 48.5 Å². The molecule has 7 heteroatoms. The second kappa shape index (κ2) is 8.23. The second-order valence-corrected chi connectivity index (χ2v) is 10.5. The molecule has 3 aromatic carbocycles. The van der Waals surface area contributed by atoms with Crippen LogP contribution in [-0.2, 0) is 14.8 Å². The molecule has 0 saturated carbocycles. The third-order valence-electron chi connectivity index (χ3n) is 6.27. The van der Waals surface area contributed by atoms with Gasteiger partial charge in [-0.2, -0.15) is 0 Å². The van der Waals surface area contributed by atoms with Crippen molar-refractivity contribution in [1.82, 2.24) is 4.72 Å².